The highest BCUT2D eigenvalue weighted by atomic mass is 35.5. The number of aldehydes is 1. The number of hydrogen-bond donors (Lipinski definition) is 0. The summed E-state index contributed by atoms with van der Waals surface area (Å²) in [5.41, 5.74) is 0.691. The molecule has 0 atom stereocenters. The maximum Gasteiger partial charge on any atom is 0.172 e. The van der Waals surface area contributed by atoms with Crippen LogP contribution in [-0.4, -0.2) is 13.4 Å². The van der Waals surface area contributed by atoms with Crippen molar-refractivity contribution in [3.63, 3.8) is 0 Å². The van der Waals surface area contributed by atoms with Crippen LogP contribution in [0.5, 0.6) is 11.5 Å². The predicted molar refractivity (Wildman–Crippen MR) is 74.1 cm³/mol. The Kier molecular flexibility index (Phi) is 4.58. The zero-order valence-electron chi connectivity index (χ0n) is 10.7. The number of hydrogen-bond acceptors (Lipinski definition) is 3. The average molecular weight is 295 g/mol. The van der Waals surface area contributed by atoms with Crippen LogP contribution >= 0.6 is 11.6 Å². The lowest BCUT2D eigenvalue weighted by Crippen LogP contribution is -2.02. The Morgan fingerprint density at radius 3 is 2.75 bits per heavy atom. The molecule has 0 aliphatic rings. The Labute approximate surface area is 120 Å². The van der Waals surface area contributed by atoms with Gasteiger partial charge in [-0.25, -0.2) is 4.39 Å². The fraction of sp³-hybridized carbons (Fsp3) is 0.133. The first kappa shape index (κ1) is 14.3. The van der Waals surface area contributed by atoms with E-state index in [-0.39, 0.29) is 6.61 Å². The van der Waals surface area contributed by atoms with Crippen LogP contribution in [0.2, 0.25) is 5.02 Å². The molecule has 0 N–H and O–H groups in total. The van der Waals surface area contributed by atoms with Gasteiger partial charge < -0.3 is 9.47 Å². The summed E-state index contributed by atoms with van der Waals surface area (Å²) in [4.78, 5) is 11.0. The van der Waals surface area contributed by atoms with Crippen LogP contribution in [0.15, 0.2) is 36.4 Å². The van der Waals surface area contributed by atoms with E-state index >= 15 is 0 Å². The van der Waals surface area contributed by atoms with Crippen molar-refractivity contribution in [2.45, 2.75) is 6.61 Å². The molecule has 0 amide bonds. The molecule has 5 heteroatoms. The first-order chi connectivity index (χ1) is 9.65. The molecule has 0 fully saturated rings. The van der Waals surface area contributed by atoms with Gasteiger partial charge in [0.05, 0.1) is 12.7 Å². The lowest BCUT2D eigenvalue weighted by Gasteiger charge is -2.13. The van der Waals surface area contributed by atoms with Crippen molar-refractivity contribution in [3.8, 4) is 11.5 Å². The second-order valence-electron chi connectivity index (χ2n) is 4.02. The van der Waals surface area contributed by atoms with E-state index in [9.17, 15) is 9.18 Å². The third kappa shape index (κ3) is 3.08. The highest BCUT2D eigenvalue weighted by molar-refractivity contribution is 6.30. The van der Waals surface area contributed by atoms with E-state index in [1.165, 1.54) is 19.2 Å². The molecule has 0 saturated carbocycles. The highest BCUT2D eigenvalue weighted by Gasteiger charge is 2.11. The number of rotatable bonds is 5. The number of halogens is 2. The van der Waals surface area contributed by atoms with Gasteiger partial charge in [-0.2, -0.15) is 0 Å². The van der Waals surface area contributed by atoms with Crippen LogP contribution in [0.25, 0.3) is 0 Å². The lowest BCUT2D eigenvalue weighted by molar-refractivity contribution is 0.111. The van der Waals surface area contributed by atoms with Crippen molar-refractivity contribution in [1.82, 2.24) is 0 Å². The minimum absolute atomic E-state index is 0.0236. The van der Waals surface area contributed by atoms with Crippen LogP contribution in [0.1, 0.15) is 15.9 Å². The molecule has 2 aromatic carbocycles. The van der Waals surface area contributed by atoms with E-state index in [1.54, 1.807) is 24.3 Å². The molecule has 0 saturated heterocycles. The zero-order chi connectivity index (χ0) is 14.5. The monoisotopic (exact) mass is 294 g/mol. The molecule has 0 aliphatic carbocycles. The van der Waals surface area contributed by atoms with Gasteiger partial charge in [-0.15, -0.1) is 0 Å². The number of para-hydroxylation sites is 1. The summed E-state index contributed by atoms with van der Waals surface area (Å²) in [6, 6.07) is 9.27. The fourth-order valence-corrected chi connectivity index (χ4v) is 1.89. The van der Waals surface area contributed by atoms with Gasteiger partial charge in [0.2, 0.25) is 0 Å². The molecule has 2 aromatic rings. The molecule has 2 rings (SSSR count). The summed E-state index contributed by atoms with van der Waals surface area (Å²) in [5, 5.41) is 0.317. The van der Waals surface area contributed by atoms with Crippen LogP contribution in [0.3, 0.4) is 0 Å². The summed E-state index contributed by atoms with van der Waals surface area (Å²) in [7, 11) is 1.47. The standard InChI is InChI=1S/C15H12ClFO3/c1-19-14-4-2-3-10(8-18)15(14)20-9-11-5-6-12(16)7-13(11)17/h2-8H,9H2,1H3. The summed E-state index contributed by atoms with van der Waals surface area (Å²) in [6.45, 7) is -0.0236. The van der Waals surface area contributed by atoms with Crippen molar-refractivity contribution in [2.24, 2.45) is 0 Å². The molecule has 0 heterocycles. The average Bonchev–Trinajstić information content (AvgIpc) is 2.46. The first-order valence-electron chi connectivity index (χ1n) is 5.84. The van der Waals surface area contributed by atoms with E-state index in [4.69, 9.17) is 21.1 Å². The van der Waals surface area contributed by atoms with E-state index in [1.807, 2.05) is 0 Å². The van der Waals surface area contributed by atoms with Crippen molar-refractivity contribution in [3.05, 3.63) is 58.4 Å². The number of methoxy groups -OCH3 is 1. The van der Waals surface area contributed by atoms with Crippen LogP contribution in [-0.2, 0) is 6.61 Å². The second kappa shape index (κ2) is 6.39. The summed E-state index contributed by atoms with van der Waals surface area (Å²) in [6.07, 6.45) is 0.663. The van der Waals surface area contributed by atoms with Crippen LogP contribution in [0.4, 0.5) is 4.39 Å². The van der Waals surface area contributed by atoms with Gasteiger partial charge in [0.25, 0.3) is 0 Å². The van der Waals surface area contributed by atoms with Crippen molar-refractivity contribution >= 4 is 17.9 Å². The van der Waals surface area contributed by atoms with Gasteiger partial charge in [0.1, 0.15) is 12.4 Å². The lowest BCUT2D eigenvalue weighted by atomic mass is 10.2. The molecule has 3 nitrogen and oxygen atoms in total. The number of ether oxygens (including phenoxy) is 2. The Hall–Kier alpha value is -2.07. The summed E-state index contributed by atoms with van der Waals surface area (Å²) >= 11 is 5.68. The SMILES string of the molecule is COc1cccc(C=O)c1OCc1ccc(Cl)cc1F. The molecule has 0 aliphatic heterocycles. The third-order valence-corrected chi connectivity index (χ3v) is 2.98. The second-order valence-corrected chi connectivity index (χ2v) is 4.46. The minimum atomic E-state index is -0.458. The number of carbonyl (C=O) groups is 1. The van der Waals surface area contributed by atoms with Gasteiger partial charge in [0, 0.05) is 10.6 Å². The van der Waals surface area contributed by atoms with E-state index in [2.05, 4.69) is 0 Å². The smallest absolute Gasteiger partial charge is 0.172 e. The molecule has 104 valence electrons. The Bertz CT molecular complexity index is 629. The molecule has 20 heavy (non-hydrogen) atoms. The summed E-state index contributed by atoms with van der Waals surface area (Å²) < 4.78 is 24.3. The Balaban J connectivity index is 2.24. The molecular weight excluding hydrogens is 283 g/mol. The van der Waals surface area contributed by atoms with Crippen molar-refractivity contribution in [2.75, 3.05) is 7.11 Å². The number of carbonyl (C=O) groups excluding carboxylic acids is 1. The van der Waals surface area contributed by atoms with Crippen LogP contribution < -0.4 is 9.47 Å². The van der Waals surface area contributed by atoms with Crippen molar-refractivity contribution in [1.29, 1.82) is 0 Å². The first-order valence-corrected chi connectivity index (χ1v) is 6.22. The largest absolute Gasteiger partial charge is 0.493 e. The topological polar surface area (TPSA) is 35.5 Å². The van der Waals surface area contributed by atoms with Gasteiger partial charge in [0.15, 0.2) is 17.8 Å². The normalized spacial score (nSPS) is 10.2. The van der Waals surface area contributed by atoms with Gasteiger partial charge in [-0.05, 0) is 24.3 Å². The van der Waals surface area contributed by atoms with Crippen LogP contribution in [0, 0.1) is 5.82 Å². The predicted octanol–water partition coefficient (Wildman–Crippen LogP) is 3.88. The maximum atomic E-state index is 13.7. The molecule has 0 spiro atoms. The Morgan fingerprint density at radius 2 is 2.10 bits per heavy atom. The minimum Gasteiger partial charge on any atom is -0.493 e. The van der Waals surface area contributed by atoms with E-state index < -0.39 is 5.82 Å². The Morgan fingerprint density at radius 1 is 1.30 bits per heavy atom. The van der Waals surface area contributed by atoms with Gasteiger partial charge in [-0.1, -0.05) is 23.7 Å². The fourth-order valence-electron chi connectivity index (χ4n) is 1.73. The maximum absolute atomic E-state index is 13.7. The summed E-state index contributed by atoms with van der Waals surface area (Å²) in [5.74, 6) is 0.253. The van der Waals surface area contributed by atoms with Gasteiger partial charge >= 0.3 is 0 Å². The number of benzene rings is 2. The highest BCUT2D eigenvalue weighted by Crippen LogP contribution is 2.31. The quantitative estimate of drug-likeness (QED) is 0.785. The third-order valence-electron chi connectivity index (χ3n) is 2.74. The molecule has 0 bridgehead atoms. The van der Waals surface area contributed by atoms with Gasteiger partial charge in [-0.3, -0.25) is 4.79 Å². The molecular formula is C15H12ClFO3. The molecule has 0 radical (unpaired) electrons. The molecule has 0 unspecified atom stereocenters. The zero-order valence-corrected chi connectivity index (χ0v) is 11.5. The molecule has 0 aromatic heterocycles. The van der Waals surface area contributed by atoms with E-state index in [0.717, 1.165) is 0 Å². The van der Waals surface area contributed by atoms with E-state index in [0.29, 0.717) is 33.9 Å². The van der Waals surface area contributed by atoms with Crippen molar-refractivity contribution < 1.29 is 18.7 Å².